The Morgan fingerprint density at radius 1 is 0.293 bits per heavy atom. The Labute approximate surface area is 333 Å². The van der Waals surface area contributed by atoms with E-state index in [0.29, 0.717) is 0 Å². The van der Waals surface area contributed by atoms with E-state index in [-0.39, 0.29) is 0 Å². The minimum atomic E-state index is 0.783. The van der Waals surface area contributed by atoms with Crippen LogP contribution in [0.3, 0.4) is 0 Å². The van der Waals surface area contributed by atoms with E-state index in [1.165, 1.54) is 5.56 Å². The molecule has 272 valence electrons. The van der Waals surface area contributed by atoms with E-state index in [2.05, 4.69) is 175 Å². The first-order valence-corrected chi connectivity index (χ1v) is 19.6. The van der Waals surface area contributed by atoms with Gasteiger partial charge in [0.05, 0.1) is 22.4 Å². The van der Waals surface area contributed by atoms with Gasteiger partial charge in [-0.1, -0.05) is 158 Å². The lowest BCUT2D eigenvalue weighted by molar-refractivity contribution is 0.664. The van der Waals surface area contributed by atoms with Gasteiger partial charge in [0, 0.05) is 38.1 Å². The van der Waals surface area contributed by atoms with Crippen LogP contribution >= 0.6 is 0 Å². The van der Waals surface area contributed by atoms with Gasteiger partial charge >= 0.3 is 0 Å². The molecule has 12 rings (SSSR count). The lowest BCUT2D eigenvalue weighted by atomic mass is 9.94. The molecule has 58 heavy (non-hydrogen) atoms. The van der Waals surface area contributed by atoms with Crippen LogP contribution in [0.4, 0.5) is 17.1 Å². The Balaban J connectivity index is 1.18. The molecule has 0 unspecified atom stereocenters. The summed E-state index contributed by atoms with van der Waals surface area (Å²) in [6.45, 7) is 0. The van der Waals surface area contributed by atoms with Crippen molar-refractivity contribution in [2.45, 2.75) is 0 Å². The highest BCUT2D eigenvalue weighted by molar-refractivity contribution is 6.26. The highest BCUT2D eigenvalue weighted by Gasteiger charge is 2.27. The molecule has 9 aromatic carbocycles. The van der Waals surface area contributed by atoms with Crippen LogP contribution in [0.15, 0.2) is 213 Å². The van der Waals surface area contributed by atoms with Gasteiger partial charge < -0.3 is 18.2 Å². The standard InChI is InChI=1S/C54H33NO3/c1-3-15-34(16-4-1)35-29-31-37(32-30-35)50-52-41-21-9-12-27-47(41)56-49(52)33-42-51-44(24-14-28-48(51)58-54(42)50)55(43-23-10-7-19-38(43)36-17-5-2-6-18-36)45-25-13-22-40-39-20-8-11-26-46(39)57-53(40)45/h1-33H. The zero-order chi connectivity index (χ0) is 38.2. The van der Waals surface area contributed by atoms with Crippen molar-refractivity contribution in [3.05, 3.63) is 200 Å². The Hall–Kier alpha value is -7.82. The first-order valence-electron chi connectivity index (χ1n) is 19.6. The monoisotopic (exact) mass is 743 g/mol. The number of anilines is 3. The zero-order valence-corrected chi connectivity index (χ0v) is 31.2. The van der Waals surface area contributed by atoms with Gasteiger partial charge in [0.15, 0.2) is 5.58 Å². The molecule has 3 heterocycles. The maximum absolute atomic E-state index is 7.10. The second-order valence-electron chi connectivity index (χ2n) is 14.8. The quantitative estimate of drug-likeness (QED) is 0.170. The Bertz CT molecular complexity index is 3500. The first kappa shape index (κ1) is 32.4. The molecule has 0 aliphatic carbocycles. The van der Waals surface area contributed by atoms with Gasteiger partial charge in [0.2, 0.25) is 0 Å². The van der Waals surface area contributed by atoms with Crippen LogP contribution in [0.1, 0.15) is 0 Å². The van der Waals surface area contributed by atoms with Crippen molar-refractivity contribution < 1.29 is 13.3 Å². The molecular formula is C54H33NO3. The van der Waals surface area contributed by atoms with Gasteiger partial charge in [-0.05, 0) is 64.7 Å². The number of para-hydroxylation sites is 4. The fourth-order valence-electron chi connectivity index (χ4n) is 8.90. The molecule has 4 nitrogen and oxygen atoms in total. The molecule has 0 aliphatic heterocycles. The van der Waals surface area contributed by atoms with Crippen LogP contribution < -0.4 is 4.90 Å². The second kappa shape index (κ2) is 12.9. The molecule has 0 spiro atoms. The number of nitrogens with zero attached hydrogens (tertiary/aromatic N) is 1. The van der Waals surface area contributed by atoms with Gasteiger partial charge in [-0.15, -0.1) is 0 Å². The van der Waals surface area contributed by atoms with E-state index in [1.54, 1.807) is 0 Å². The average Bonchev–Trinajstić information content (AvgIpc) is 3.98. The fourth-order valence-corrected chi connectivity index (χ4v) is 8.90. The number of benzene rings is 9. The summed E-state index contributed by atoms with van der Waals surface area (Å²) in [5.74, 6) is 0. The predicted molar refractivity (Wildman–Crippen MR) is 239 cm³/mol. The third-order valence-electron chi connectivity index (χ3n) is 11.5. The molecule has 12 aromatic rings. The molecule has 4 heteroatoms. The third-order valence-corrected chi connectivity index (χ3v) is 11.5. The van der Waals surface area contributed by atoms with E-state index in [4.69, 9.17) is 13.3 Å². The zero-order valence-electron chi connectivity index (χ0n) is 31.2. The maximum Gasteiger partial charge on any atom is 0.159 e. The fraction of sp³-hybridized carbons (Fsp3) is 0. The van der Waals surface area contributed by atoms with Gasteiger partial charge in [0.25, 0.3) is 0 Å². The summed E-state index contributed by atoms with van der Waals surface area (Å²) >= 11 is 0. The SMILES string of the molecule is c1ccc(-c2ccc(-c3c4oc5cccc(N(c6ccccc6-c6ccccc6)c6cccc7c6oc6ccccc67)c5c4cc4oc5ccccc5c34)cc2)cc1. The van der Waals surface area contributed by atoms with Gasteiger partial charge in [-0.3, -0.25) is 0 Å². The van der Waals surface area contributed by atoms with Crippen LogP contribution in [0, 0.1) is 0 Å². The average molecular weight is 744 g/mol. The number of hydrogen-bond acceptors (Lipinski definition) is 4. The predicted octanol–water partition coefficient (Wildman–Crippen LogP) is 15.9. The number of furan rings is 3. The summed E-state index contributed by atoms with van der Waals surface area (Å²) in [7, 11) is 0. The molecule has 0 aliphatic rings. The van der Waals surface area contributed by atoms with Gasteiger partial charge in [0.1, 0.15) is 27.9 Å². The smallest absolute Gasteiger partial charge is 0.159 e. The van der Waals surface area contributed by atoms with Crippen LogP contribution in [0.5, 0.6) is 0 Å². The van der Waals surface area contributed by atoms with E-state index < -0.39 is 0 Å². The van der Waals surface area contributed by atoms with Crippen LogP contribution in [-0.2, 0) is 0 Å². The van der Waals surface area contributed by atoms with E-state index in [9.17, 15) is 0 Å². The molecule has 0 fully saturated rings. The summed E-state index contributed by atoms with van der Waals surface area (Å²) in [5, 5.41) is 6.19. The molecule has 0 saturated heterocycles. The summed E-state index contributed by atoms with van der Waals surface area (Å²) in [6, 6.07) is 70.0. The molecule has 3 aromatic heterocycles. The van der Waals surface area contributed by atoms with Crippen LogP contribution in [0.2, 0.25) is 0 Å². The van der Waals surface area contributed by atoms with Gasteiger partial charge in [-0.25, -0.2) is 0 Å². The first-order chi connectivity index (χ1) is 28.8. The molecule has 0 bridgehead atoms. The number of fused-ring (bicyclic) bond motifs is 9. The Kier molecular flexibility index (Phi) is 7.20. The topological polar surface area (TPSA) is 42.7 Å². The molecule has 0 saturated carbocycles. The minimum absolute atomic E-state index is 0.783. The van der Waals surface area contributed by atoms with E-state index in [1.807, 2.05) is 30.3 Å². The van der Waals surface area contributed by atoms with Crippen molar-refractivity contribution in [3.8, 4) is 33.4 Å². The van der Waals surface area contributed by atoms with Crippen molar-refractivity contribution in [2.75, 3.05) is 4.90 Å². The highest BCUT2D eigenvalue weighted by Crippen LogP contribution is 2.51. The summed E-state index contributed by atoms with van der Waals surface area (Å²) in [6.07, 6.45) is 0. The minimum Gasteiger partial charge on any atom is -0.456 e. The lowest BCUT2D eigenvalue weighted by Crippen LogP contribution is -2.12. The molecule has 0 amide bonds. The highest BCUT2D eigenvalue weighted by atomic mass is 16.3. The largest absolute Gasteiger partial charge is 0.456 e. The van der Waals surface area contributed by atoms with Crippen molar-refractivity contribution in [2.24, 2.45) is 0 Å². The lowest BCUT2D eigenvalue weighted by Gasteiger charge is -2.28. The third kappa shape index (κ3) is 4.95. The van der Waals surface area contributed by atoms with E-state index in [0.717, 1.165) is 111 Å². The summed E-state index contributed by atoms with van der Waals surface area (Å²) in [4.78, 5) is 2.35. The van der Waals surface area contributed by atoms with Gasteiger partial charge in [-0.2, -0.15) is 0 Å². The molecule has 0 N–H and O–H groups in total. The Morgan fingerprint density at radius 2 is 0.845 bits per heavy atom. The van der Waals surface area contributed by atoms with E-state index >= 15 is 0 Å². The number of rotatable bonds is 6. The van der Waals surface area contributed by atoms with Crippen molar-refractivity contribution in [1.29, 1.82) is 0 Å². The molecular weight excluding hydrogens is 711 g/mol. The van der Waals surface area contributed by atoms with Crippen LogP contribution in [0.25, 0.3) is 99.2 Å². The van der Waals surface area contributed by atoms with Crippen molar-refractivity contribution in [1.82, 2.24) is 0 Å². The van der Waals surface area contributed by atoms with Crippen LogP contribution in [-0.4, -0.2) is 0 Å². The Morgan fingerprint density at radius 3 is 1.66 bits per heavy atom. The summed E-state index contributed by atoms with van der Waals surface area (Å²) < 4.78 is 20.6. The molecule has 0 atom stereocenters. The van der Waals surface area contributed by atoms with Crippen molar-refractivity contribution in [3.63, 3.8) is 0 Å². The van der Waals surface area contributed by atoms with Crippen molar-refractivity contribution >= 4 is 82.9 Å². The molecule has 0 radical (unpaired) electrons. The maximum atomic E-state index is 7.10. The second-order valence-corrected chi connectivity index (χ2v) is 14.8. The number of hydrogen-bond donors (Lipinski definition) is 0. The summed E-state index contributed by atoms with van der Waals surface area (Å²) in [5.41, 5.74) is 14.4. The normalized spacial score (nSPS) is 11.8.